The second kappa shape index (κ2) is 8.31. The number of hydrogen-bond acceptors (Lipinski definition) is 4. The maximum absolute atomic E-state index is 6.24. The highest BCUT2D eigenvalue weighted by Crippen LogP contribution is 2.36. The highest BCUT2D eigenvalue weighted by molar-refractivity contribution is 5.14. The highest BCUT2D eigenvalue weighted by Gasteiger charge is 2.50. The van der Waals surface area contributed by atoms with Crippen LogP contribution < -0.4 is 0 Å². The van der Waals surface area contributed by atoms with Gasteiger partial charge in [-0.05, 0) is 18.1 Å². The van der Waals surface area contributed by atoms with Crippen molar-refractivity contribution in [2.24, 2.45) is 0 Å². The molecule has 2 aliphatic heterocycles. The maximum Gasteiger partial charge on any atom is 0.115 e. The van der Waals surface area contributed by atoms with Gasteiger partial charge in [0.1, 0.15) is 18.3 Å². The molecule has 0 saturated carbocycles. The third kappa shape index (κ3) is 4.15. The van der Waals surface area contributed by atoms with E-state index in [1.807, 2.05) is 36.4 Å². The molecule has 0 unspecified atom stereocenters. The number of rotatable bonds is 7. The number of fused-ring (bicyclic) bond motifs is 1. The van der Waals surface area contributed by atoms with Crippen molar-refractivity contribution in [3.8, 4) is 0 Å². The summed E-state index contributed by atoms with van der Waals surface area (Å²) in [7, 11) is 0. The lowest BCUT2D eigenvalue weighted by molar-refractivity contribution is -0.0992. The van der Waals surface area contributed by atoms with Crippen LogP contribution in [0.2, 0.25) is 0 Å². The van der Waals surface area contributed by atoms with Crippen LogP contribution in [0.25, 0.3) is 0 Å². The Morgan fingerprint density at radius 3 is 2.23 bits per heavy atom. The third-order valence-corrected chi connectivity index (χ3v) is 5.04. The minimum atomic E-state index is -0.0964. The standard InChI is InChI=1S/C22H26O4/c1-16-12-19-22(25-16)21(24-14-18-10-6-3-7-11-18)20(26-19)15-23-13-17-8-4-2-5-9-17/h2-11,16,19-22H,12-15H2,1H3/t16-,19-,20-,21-,22+/m1/s1. The molecule has 2 saturated heterocycles. The van der Waals surface area contributed by atoms with E-state index in [-0.39, 0.29) is 30.5 Å². The third-order valence-electron chi connectivity index (χ3n) is 5.04. The van der Waals surface area contributed by atoms with Gasteiger partial charge in [0.05, 0.1) is 32.0 Å². The Hall–Kier alpha value is -1.72. The van der Waals surface area contributed by atoms with Crippen LogP contribution in [0.5, 0.6) is 0 Å². The average molecular weight is 354 g/mol. The highest BCUT2D eigenvalue weighted by atomic mass is 16.6. The molecule has 5 atom stereocenters. The summed E-state index contributed by atoms with van der Waals surface area (Å²) in [6.45, 7) is 3.75. The van der Waals surface area contributed by atoms with Crippen molar-refractivity contribution in [3.05, 3.63) is 71.8 Å². The van der Waals surface area contributed by atoms with E-state index >= 15 is 0 Å². The number of ether oxygens (including phenoxy) is 4. The Morgan fingerprint density at radius 2 is 1.54 bits per heavy atom. The number of benzene rings is 2. The molecule has 4 heteroatoms. The van der Waals surface area contributed by atoms with Gasteiger partial charge in [0.25, 0.3) is 0 Å². The summed E-state index contributed by atoms with van der Waals surface area (Å²) in [4.78, 5) is 0. The minimum Gasteiger partial charge on any atom is -0.374 e. The van der Waals surface area contributed by atoms with Gasteiger partial charge < -0.3 is 18.9 Å². The van der Waals surface area contributed by atoms with Crippen LogP contribution in [-0.2, 0) is 32.2 Å². The van der Waals surface area contributed by atoms with Crippen LogP contribution in [-0.4, -0.2) is 37.1 Å². The van der Waals surface area contributed by atoms with Gasteiger partial charge in [-0.3, -0.25) is 0 Å². The monoisotopic (exact) mass is 354 g/mol. The summed E-state index contributed by atoms with van der Waals surface area (Å²) in [6.07, 6.45) is 1.06. The van der Waals surface area contributed by atoms with Crippen LogP contribution in [0.15, 0.2) is 60.7 Å². The van der Waals surface area contributed by atoms with Gasteiger partial charge in [-0.2, -0.15) is 0 Å². The molecule has 2 aliphatic rings. The lowest BCUT2D eigenvalue weighted by Crippen LogP contribution is -2.37. The van der Waals surface area contributed by atoms with Gasteiger partial charge in [0, 0.05) is 6.42 Å². The SMILES string of the molecule is C[C@@H]1C[C@H]2O[C@H](COCc3ccccc3)[C@@H](OCc3ccccc3)[C@H]2O1. The molecule has 2 fully saturated rings. The fraction of sp³-hybridized carbons (Fsp3) is 0.455. The molecule has 4 nitrogen and oxygen atoms in total. The van der Waals surface area contributed by atoms with Crippen LogP contribution in [0.3, 0.4) is 0 Å². The van der Waals surface area contributed by atoms with Crippen LogP contribution in [0, 0.1) is 0 Å². The van der Waals surface area contributed by atoms with Crippen molar-refractivity contribution in [1.82, 2.24) is 0 Å². The first-order valence-electron chi connectivity index (χ1n) is 9.38. The molecule has 138 valence electrons. The predicted molar refractivity (Wildman–Crippen MR) is 98.7 cm³/mol. The quantitative estimate of drug-likeness (QED) is 0.759. The zero-order valence-corrected chi connectivity index (χ0v) is 15.1. The van der Waals surface area contributed by atoms with Crippen molar-refractivity contribution >= 4 is 0 Å². The molecular weight excluding hydrogens is 328 g/mol. The largest absolute Gasteiger partial charge is 0.374 e. The Balaban J connectivity index is 1.36. The molecule has 0 aromatic heterocycles. The molecule has 0 amide bonds. The molecule has 0 radical (unpaired) electrons. The normalized spacial score (nSPS) is 30.4. The van der Waals surface area contributed by atoms with E-state index in [9.17, 15) is 0 Å². The average Bonchev–Trinajstić information content (AvgIpc) is 3.17. The van der Waals surface area contributed by atoms with E-state index in [1.165, 1.54) is 0 Å². The van der Waals surface area contributed by atoms with Crippen LogP contribution in [0.1, 0.15) is 24.5 Å². The molecule has 0 bridgehead atoms. The minimum absolute atomic E-state index is 0.000891. The topological polar surface area (TPSA) is 36.9 Å². The fourth-order valence-electron chi connectivity index (χ4n) is 3.78. The molecule has 0 N–H and O–H groups in total. The van der Waals surface area contributed by atoms with E-state index in [0.29, 0.717) is 19.8 Å². The lowest BCUT2D eigenvalue weighted by atomic mass is 10.1. The van der Waals surface area contributed by atoms with E-state index < -0.39 is 0 Å². The lowest BCUT2D eigenvalue weighted by Gasteiger charge is -2.23. The zero-order chi connectivity index (χ0) is 17.8. The molecular formula is C22H26O4. The summed E-state index contributed by atoms with van der Waals surface area (Å²) >= 11 is 0. The molecule has 2 aromatic carbocycles. The summed E-state index contributed by atoms with van der Waals surface area (Å²) in [6, 6.07) is 20.4. The van der Waals surface area contributed by atoms with Gasteiger partial charge in [-0.15, -0.1) is 0 Å². The summed E-state index contributed by atoms with van der Waals surface area (Å²) in [5.41, 5.74) is 2.32. The summed E-state index contributed by atoms with van der Waals surface area (Å²) in [5, 5.41) is 0. The first-order chi connectivity index (χ1) is 12.8. The smallest absolute Gasteiger partial charge is 0.115 e. The first kappa shape index (κ1) is 17.7. The molecule has 26 heavy (non-hydrogen) atoms. The molecule has 2 aromatic rings. The Bertz CT molecular complexity index is 675. The second-order valence-corrected chi connectivity index (χ2v) is 7.12. The van der Waals surface area contributed by atoms with Crippen LogP contribution in [0.4, 0.5) is 0 Å². The summed E-state index contributed by atoms with van der Waals surface area (Å²) in [5.74, 6) is 0. The Kier molecular flexibility index (Phi) is 5.65. The van der Waals surface area contributed by atoms with Crippen molar-refractivity contribution in [2.45, 2.75) is 57.1 Å². The van der Waals surface area contributed by atoms with E-state index in [1.54, 1.807) is 0 Å². The van der Waals surface area contributed by atoms with E-state index in [4.69, 9.17) is 18.9 Å². The fourth-order valence-corrected chi connectivity index (χ4v) is 3.78. The maximum atomic E-state index is 6.24. The molecule has 0 aliphatic carbocycles. The summed E-state index contributed by atoms with van der Waals surface area (Å²) < 4.78 is 24.4. The van der Waals surface area contributed by atoms with Gasteiger partial charge in [-0.25, -0.2) is 0 Å². The van der Waals surface area contributed by atoms with Gasteiger partial charge >= 0.3 is 0 Å². The predicted octanol–water partition coefficient (Wildman–Crippen LogP) is 3.73. The van der Waals surface area contributed by atoms with Gasteiger partial charge in [0.2, 0.25) is 0 Å². The molecule has 4 rings (SSSR count). The van der Waals surface area contributed by atoms with Gasteiger partial charge in [0.15, 0.2) is 0 Å². The van der Waals surface area contributed by atoms with Crippen LogP contribution >= 0.6 is 0 Å². The Morgan fingerprint density at radius 1 is 0.885 bits per heavy atom. The van der Waals surface area contributed by atoms with E-state index in [2.05, 4.69) is 31.2 Å². The van der Waals surface area contributed by atoms with Gasteiger partial charge in [-0.1, -0.05) is 60.7 Å². The van der Waals surface area contributed by atoms with Crippen molar-refractivity contribution in [2.75, 3.05) is 6.61 Å². The second-order valence-electron chi connectivity index (χ2n) is 7.12. The number of hydrogen-bond donors (Lipinski definition) is 0. The van der Waals surface area contributed by atoms with Crippen molar-refractivity contribution < 1.29 is 18.9 Å². The van der Waals surface area contributed by atoms with Crippen molar-refractivity contribution in [1.29, 1.82) is 0 Å². The zero-order valence-electron chi connectivity index (χ0n) is 15.1. The molecule has 0 spiro atoms. The molecule has 2 heterocycles. The van der Waals surface area contributed by atoms with E-state index in [0.717, 1.165) is 17.5 Å². The first-order valence-corrected chi connectivity index (χ1v) is 9.38. The Labute approximate surface area is 155 Å². The van der Waals surface area contributed by atoms with Crippen molar-refractivity contribution in [3.63, 3.8) is 0 Å².